The molecule has 0 unspecified atom stereocenters. The Bertz CT molecular complexity index is 528. The molecule has 2 rings (SSSR count). The second-order valence-electron chi connectivity index (χ2n) is 5.28. The molecule has 0 saturated heterocycles. The summed E-state index contributed by atoms with van der Waals surface area (Å²) in [7, 11) is 1.68. The minimum absolute atomic E-state index is 0.0287. The van der Waals surface area contributed by atoms with E-state index in [9.17, 15) is 0 Å². The van der Waals surface area contributed by atoms with Crippen LogP contribution in [0.4, 0.5) is 10.8 Å². The van der Waals surface area contributed by atoms with Crippen molar-refractivity contribution in [2.75, 3.05) is 19.0 Å². The molecule has 0 aliphatic heterocycles. The van der Waals surface area contributed by atoms with E-state index in [0.717, 1.165) is 23.2 Å². The van der Waals surface area contributed by atoms with Crippen molar-refractivity contribution in [2.45, 2.75) is 32.7 Å². The molecule has 0 radical (unpaired) electrons. The van der Waals surface area contributed by atoms with Gasteiger partial charge in [0, 0.05) is 30.3 Å². The molecular formula is C12H19N5OS. The summed E-state index contributed by atoms with van der Waals surface area (Å²) in [5.41, 5.74) is 0.881. The van der Waals surface area contributed by atoms with E-state index in [1.54, 1.807) is 13.3 Å². The molecule has 0 fully saturated rings. The number of hydrogen-bond acceptors (Lipinski definition) is 6. The average molecular weight is 281 g/mol. The molecule has 7 heteroatoms. The molecule has 0 aliphatic carbocycles. The first kappa shape index (κ1) is 14.0. The van der Waals surface area contributed by atoms with E-state index < -0.39 is 0 Å². The van der Waals surface area contributed by atoms with Crippen molar-refractivity contribution in [1.82, 2.24) is 19.1 Å². The zero-order valence-electron chi connectivity index (χ0n) is 11.7. The normalized spacial score (nSPS) is 11.8. The lowest BCUT2D eigenvalue weighted by Gasteiger charge is -2.12. The van der Waals surface area contributed by atoms with Crippen LogP contribution in [0.3, 0.4) is 0 Å². The molecule has 1 N–H and O–H groups in total. The van der Waals surface area contributed by atoms with E-state index in [-0.39, 0.29) is 5.41 Å². The van der Waals surface area contributed by atoms with Crippen LogP contribution in [0.2, 0.25) is 0 Å². The molecule has 6 nitrogen and oxygen atoms in total. The van der Waals surface area contributed by atoms with Gasteiger partial charge in [-0.15, -0.1) is 0 Å². The number of ether oxygens (including phenoxy) is 1. The molecule has 104 valence electrons. The zero-order valence-corrected chi connectivity index (χ0v) is 12.5. The first-order valence-electron chi connectivity index (χ1n) is 6.11. The van der Waals surface area contributed by atoms with Crippen LogP contribution in [0.5, 0.6) is 0 Å². The molecule has 0 aromatic carbocycles. The van der Waals surface area contributed by atoms with Crippen LogP contribution in [0.15, 0.2) is 12.4 Å². The summed E-state index contributed by atoms with van der Waals surface area (Å²) in [6, 6.07) is 0. The van der Waals surface area contributed by atoms with Gasteiger partial charge in [0.2, 0.25) is 5.13 Å². The number of hydrogen-bond donors (Lipinski definition) is 1. The second-order valence-corrected chi connectivity index (χ2v) is 6.03. The Morgan fingerprint density at radius 3 is 2.84 bits per heavy atom. The van der Waals surface area contributed by atoms with Crippen molar-refractivity contribution in [3.05, 3.63) is 18.2 Å². The SMILES string of the molecule is COCCn1cc(Nc2nc(C(C)(C)C)ns2)cn1. The van der Waals surface area contributed by atoms with Gasteiger partial charge >= 0.3 is 0 Å². The fourth-order valence-electron chi connectivity index (χ4n) is 1.44. The van der Waals surface area contributed by atoms with E-state index >= 15 is 0 Å². The molecule has 0 saturated carbocycles. The Morgan fingerprint density at radius 1 is 1.42 bits per heavy atom. The van der Waals surface area contributed by atoms with Crippen molar-refractivity contribution in [3.8, 4) is 0 Å². The van der Waals surface area contributed by atoms with Gasteiger partial charge in [-0.05, 0) is 0 Å². The maximum atomic E-state index is 5.01. The van der Waals surface area contributed by atoms with Crippen molar-refractivity contribution < 1.29 is 4.74 Å². The topological polar surface area (TPSA) is 64.9 Å². The predicted octanol–water partition coefficient (Wildman–Crippen LogP) is 2.42. The van der Waals surface area contributed by atoms with Crippen molar-refractivity contribution in [1.29, 1.82) is 0 Å². The van der Waals surface area contributed by atoms with Crippen LogP contribution in [-0.4, -0.2) is 32.9 Å². The number of rotatable bonds is 5. The Morgan fingerprint density at radius 2 is 2.21 bits per heavy atom. The summed E-state index contributed by atoms with van der Waals surface area (Å²) < 4.78 is 11.2. The highest BCUT2D eigenvalue weighted by atomic mass is 32.1. The molecule has 2 aromatic rings. The van der Waals surface area contributed by atoms with Gasteiger partial charge in [-0.2, -0.15) is 9.47 Å². The van der Waals surface area contributed by atoms with Gasteiger partial charge in [-0.3, -0.25) is 4.68 Å². The van der Waals surface area contributed by atoms with Gasteiger partial charge in [-0.1, -0.05) is 20.8 Å². The van der Waals surface area contributed by atoms with Crippen LogP contribution >= 0.6 is 11.5 Å². The lowest BCUT2D eigenvalue weighted by Crippen LogP contribution is -2.13. The molecule has 19 heavy (non-hydrogen) atoms. The maximum absolute atomic E-state index is 5.01. The van der Waals surface area contributed by atoms with E-state index in [0.29, 0.717) is 6.61 Å². The highest BCUT2D eigenvalue weighted by Crippen LogP contribution is 2.24. The second kappa shape index (κ2) is 5.66. The Kier molecular flexibility index (Phi) is 4.16. The molecule has 0 atom stereocenters. The van der Waals surface area contributed by atoms with Gasteiger partial charge in [0.1, 0.15) is 5.82 Å². The molecule has 0 amide bonds. The molecule has 2 heterocycles. The molecule has 0 aliphatic rings. The first-order valence-corrected chi connectivity index (χ1v) is 6.89. The Hall–Kier alpha value is -1.47. The van der Waals surface area contributed by atoms with Gasteiger partial charge in [0.15, 0.2) is 0 Å². The van der Waals surface area contributed by atoms with Crippen molar-refractivity contribution in [2.24, 2.45) is 0 Å². The van der Waals surface area contributed by atoms with E-state index in [1.165, 1.54) is 11.5 Å². The van der Waals surface area contributed by atoms with Crippen LogP contribution in [0.25, 0.3) is 0 Å². The van der Waals surface area contributed by atoms with E-state index in [1.807, 2.05) is 10.9 Å². The highest BCUT2D eigenvalue weighted by molar-refractivity contribution is 7.09. The Labute approximate surface area is 117 Å². The highest BCUT2D eigenvalue weighted by Gasteiger charge is 2.19. The maximum Gasteiger partial charge on any atom is 0.207 e. The van der Waals surface area contributed by atoms with Gasteiger partial charge < -0.3 is 10.1 Å². The largest absolute Gasteiger partial charge is 0.383 e. The van der Waals surface area contributed by atoms with E-state index in [4.69, 9.17) is 4.74 Å². The number of aromatic nitrogens is 4. The third-order valence-corrected chi connectivity index (χ3v) is 3.14. The number of nitrogens with one attached hydrogen (secondary N) is 1. The summed E-state index contributed by atoms with van der Waals surface area (Å²) >= 11 is 1.36. The van der Waals surface area contributed by atoms with Gasteiger partial charge in [0.25, 0.3) is 0 Å². The van der Waals surface area contributed by atoms with E-state index in [2.05, 4.69) is 40.5 Å². The average Bonchev–Trinajstić information content (AvgIpc) is 2.95. The van der Waals surface area contributed by atoms with Crippen molar-refractivity contribution >= 4 is 22.4 Å². The monoisotopic (exact) mass is 281 g/mol. The summed E-state index contributed by atoms with van der Waals surface area (Å²) in [5.74, 6) is 0.853. The third kappa shape index (κ3) is 3.74. The standard InChI is InChI=1S/C12H19N5OS/c1-12(2,3)10-15-11(19-16-10)14-9-7-13-17(8-9)5-6-18-4/h7-8H,5-6H2,1-4H3,(H,14,15,16). The summed E-state index contributed by atoms with van der Waals surface area (Å²) in [6.07, 6.45) is 3.70. The van der Waals surface area contributed by atoms with Crippen LogP contribution in [0.1, 0.15) is 26.6 Å². The number of methoxy groups -OCH3 is 1. The zero-order chi connectivity index (χ0) is 13.9. The third-order valence-electron chi connectivity index (χ3n) is 2.51. The fourth-order valence-corrected chi connectivity index (χ4v) is 2.22. The van der Waals surface area contributed by atoms with Crippen LogP contribution in [-0.2, 0) is 16.7 Å². The summed E-state index contributed by atoms with van der Waals surface area (Å²) in [5, 5.41) is 8.24. The quantitative estimate of drug-likeness (QED) is 0.911. The molecule has 0 spiro atoms. The Balaban J connectivity index is 2.01. The fraction of sp³-hybridized carbons (Fsp3) is 0.583. The molecule has 0 bridgehead atoms. The predicted molar refractivity (Wildman–Crippen MR) is 76.0 cm³/mol. The van der Waals surface area contributed by atoms with Gasteiger partial charge in [0.05, 0.1) is 25.0 Å². The smallest absolute Gasteiger partial charge is 0.207 e. The van der Waals surface area contributed by atoms with Gasteiger partial charge in [-0.25, -0.2) is 4.98 Å². The first-order chi connectivity index (χ1) is 8.99. The lowest BCUT2D eigenvalue weighted by molar-refractivity contribution is 0.183. The number of nitrogens with zero attached hydrogens (tertiary/aromatic N) is 4. The van der Waals surface area contributed by atoms with Crippen molar-refractivity contribution in [3.63, 3.8) is 0 Å². The van der Waals surface area contributed by atoms with Crippen LogP contribution < -0.4 is 5.32 Å². The lowest BCUT2D eigenvalue weighted by atomic mass is 9.96. The summed E-state index contributed by atoms with van der Waals surface area (Å²) in [6.45, 7) is 7.68. The minimum Gasteiger partial charge on any atom is -0.383 e. The minimum atomic E-state index is -0.0287. The molecular weight excluding hydrogens is 262 g/mol. The number of anilines is 2. The molecule has 2 aromatic heterocycles. The summed E-state index contributed by atoms with van der Waals surface area (Å²) in [4.78, 5) is 4.48. The van der Waals surface area contributed by atoms with Crippen LogP contribution in [0, 0.1) is 0 Å².